The number of esters is 2. The molecule has 0 aromatic rings. The lowest BCUT2D eigenvalue weighted by molar-refractivity contribution is -0.160. The van der Waals surface area contributed by atoms with Crippen molar-refractivity contribution in [2.45, 2.75) is 65.6 Å². The van der Waals surface area contributed by atoms with Crippen LogP contribution >= 0.6 is 0 Å². The largest absolute Gasteiger partial charge is 0.462 e. The second-order valence-corrected chi connectivity index (χ2v) is 4.84. The fourth-order valence-corrected chi connectivity index (χ4v) is 1.15. The van der Waals surface area contributed by atoms with Gasteiger partial charge in [0.15, 0.2) is 0 Å². The summed E-state index contributed by atoms with van der Waals surface area (Å²) in [5.74, 6) is -0.608. The number of hydrogen-bond acceptors (Lipinski definition) is 4. The zero-order chi connectivity index (χ0) is 12.8. The van der Waals surface area contributed by atoms with Crippen LogP contribution in [0.4, 0.5) is 0 Å². The minimum atomic E-state index is -0.496. The van der Waals surface area contributed by atoms with Crippen molar-refractivity contribution in [2.75, 3.05) is 0 Å². The highest BCUT2D eigenvalue weighted by Gasteiger charge is 2.19. The van der Waals surface area contributed by atoms with E-state index in [2.05, 4.69) is 0 Å². The van der Waals surface area contributed by atoms with Crippen LogP contribution in [0, 0.1) is 0 Å². The number of hydrogen-bond donors (Lipinski definition) is 0. The molecule has 0 aliphatic carbocycles. The second-order valence-electron chi connectivity index (χ2n) is 4.84. The van der Waals surface area contributed by atoms with Crippen LogP contribution in [0.1, 0.15) is 53.9 Å². The molecule has 0 heterocycles. The smallest absolute Gasteiger partial charge is 0.310 e. The Bertz CT molecular complexity index is 240. The van der Waals surface area contributed by atoms with Gasteiger partial charge in [0.2, 0.25) is 0 Å². The molecule has 1 atom stereocenters. The molecule has 4 nitrogen and oxygen atoms in total. The topological polar surface area (TPSA) is 52.6 Å². The Balaban J connectivity index is 3.91. The summed E-state index contributed by atoms with van der Waals surface area (Å²) < 4.78 is 10.2. The van der Waals surface area contributed by atoms with E-state index in [0.717, 1.165) is 6.42 Å². The number of ether oxygens (including phenoxy) is 2. The molecule has 16 heavy (non-hydrogen) atoms. The molecule has 0 N–H and O–H groups in total. The molecule has 0 saturated heterocycles. The average molecular weight is 230 g/mol. The maximum atomic E-state index is 11.4. The van der Waals surface area contributed by atoms with Gasteiger partial charge in [-0.15, -0.1) is 0 Å². The summed E-state index contributed by atoms with van der Waals surface area (Å²) in [6, 6.07) is 0. The summed E-state index contributed by atoms with van der Waals surface area (Å²) >= 11 is 0. The monoisotopic (exact) mass is 230 g/mol. The summed E-state index contributed by atoms with van der Waals surface area (Å²) in [5.41, 5.74) is -0.496. The maximum absolute atomic E-state index is 11.4. The van der Waals surface area contributed by atoms with E-state index in [1.807, 2.05) is 6.92 Å². The maximum Gasteiger partial charge on any atom is 0.310 e. The van der Waals surface area contributed by atoms with Gasteiger partial charge in [-0.2, -0.15) is 0 Å². The van der Waals surface area contributed by atoms with Gasteiger partial charge in [0.1, 0.15) is 11.7 Å². The van der Waals surface area contributed by atoms with E-state index in [9.17, 15) is 9.59 Å². The molecule has 0 spiro atoms. The van der Waals surface area contributed by atoms with Crippen molar-refractivity contribution in [1.82, 2.24) is 0 Å². The predicted molar refractivity (Wildman–Crippen MR) is 60.9 cm³/mol. The molecule has 0 aliphatic rings. The lowest BCUT2D eigenvalue weighted by Crippen LogP contribution is -2.27. The lowest BCUT2D eigenvalue weighted by atomic mass is 10.2. The minimum absolute atomic E-state index is 0.104. The van der Waals surface area contributed by atoms with Crippen LogP contribution in [0.25, 0.3) is 0 Å². The van der Waals surface area contributed by atoms with Gasteiger partial charge in [-0.05, 0) is 34.1 Å². The molecule has 0 amide bonds. The van der Waals surface area contributed by atoms with E-state index >= 15 is 0 Å². The van der Waals surface area contributed by atoms with Gasteiger partial charge in [0.25, 0.3) is 0 Å². The number of rotatable bonds is 5. The molecule has 94 valence electrons. The molecule has 0 aromatic carbocycles. The van der Waals surface area contributed by atoms with Gasteiger partial charge in [-0.25, -0.2) is 0 Å². The van der Waals surface area contributed by atoms with Crippen molar-refractivity contribution in [3.63, 3.8) is 0 Å². The van der Waals surface area contributed by atoms with Gasteiger partial charge in [-0.3, -0.25) is 9.59 Å². The van der Waals surface area contributed by atoms with Crippen LogP contribution in [-0.2, 0) is 19.1 Å². The summed E-state index contributed by atoms with van der Waals surface area (Å²) in [5, 5.41) is 0. The summed E-state index contributed by atoms with van der Waals surface area (Å²) in [6.45, 7) is 9.01. The van der Waals surface area contributed by atoms with Crippen LogP contribution in [0.15, 0.2) is 0 Å². The van der Waals surface area contributed by atoms with Crippen molar-refractivity contribution in [3.05, 3.63) is 0 Å². The first-order valence-corrected chi connectivity index (χ1v) is 5.66. The third-order valence-electron chi connectivity index (χ3n) is 1.66. The van der Waals surface area contributed by atoms with E-state index in [0.29, 0.717) is 6.42 Å². The van der Waals surface area contributed by atoms with Crippen molar-refractivity contribution in [1.29, 1.82) is 0 Å². The van der Waals surface area contributed by atoms with Gasteiger partial charge in [0.05, 0.1) is 6.42 Å². The average Bonchev–Trinajstić information content (AvgIpc) is 1.98. The molecule has 0 aliphatic heterocycles. The quantitative estimate of drug-likeness (QED) is 0.681. The Hall–Kier alpha value is -1.06. The first-order valence-electron chi connectivity index (χ1n) is 5.66. The highest BCUT2D eigenvalue weighted by Crippen LogP contribution is 2.10. The van der Waals surface area contributed by atoms with Crippen LogP contribution < -0.4 is 0 Å². The molecule has 0 saturated carbocycles. The zero-order valence-electron chi connectivity index (χ0n) is 10.8. The fourth-order valence-electron chi connectivity index (χ4n) is 1.15. The van der Waals surface area contributed by atoms with Crippen molar-refractivity contribution in [3.8, 4) is 0 Å². The molecule has 0 aromatic heterocycles. The van der Waals surface area contributed by atoms with E-state index in [-0.39, 0.29) is 18.4 Å². The Morgan fingerprint density at radius 1 is 1.19 bits per heavy atom. The molecule has 0 fully saturated rings. The van der Waals surface area contributed by atoms with Crippen LogP contribution in [0.3, 0.4) is 0 Å². The van der Waals surface area contributed by atoms with Gasteiger partial charge in [-0.1, -0.05) is 6.92 Å². The van der Waals surface area contributed by atoms with Crippen molar-refractivity contribution in [2.24, 2.45) is 0 Å². The lowest BCUT2D eigenvalue weighted by Gasteiger charge is -2.21. The van der Waals surface area contributed by atoms with Gasteiger partial charge >= 0.3 is 11.9 Å². The normalized spacial score (nSPS) is 13.1. The van der Waals surface area contributed by atoms with Crippen LogP contribution in [-0.4, -0.2) is 23.6 Å². The highest BCUT2D eigenvalue weighted by molar-refractivity contribution is 5.72. The van der Waals surface area contributed by atoms with Crippen molar-refractivity contribution < 1.29 is 19.1 Å². The van der Waals surface area contributed by atoms with Crippen molar-refractivity contribution >= 4 is 11.9 Å². The summed E-state index contributed by atoms with van der Waals surface area (Å²) in [6.07, 6.45) is 0.817. The molecule has 0 bridgehead atoms. The first-order chi connectivity index (χ1) is 7.24. The number of carbonyl (C=O) groups is 2. The minimum Gasteiger partial charge on any atom is -0.462 e. The Morgan fingerprint density at radius 2 is 1.75 bits per heavy atom. The summed E-state index contributed by atoms with van der Waals surface area (Å²) in [7, 11) is 0. The molecule has 0 unspecified atom stereocenters. The molecular weight excluding hydrogens is 208 g/mol. The third-order valence-corrected chi connectivity index (χ3v) is 1.66. The molecule has 4 heteroatoms. The Labute approximate surface area is 97.3 Å². The SMILES string of the molecule is CCCC(=O)O[C@H](C)CC(=O)OC(C)(C)C. The van der Waals surface area contributed by atoms with E-state index in [1.54, 1.807) is 27.7 Å². The number of carbonyl (C=O) groups excluding carboxylic acids is 2. The predicted octanol–water partition coefficient (Wildman–Crippen LogP) is 2.45. The third kappa shape index (κ3) is 8.26. The first kappa shape index (κ1) is 14.9. The standard InChI is InChI=1S/C12H22O4/c1-6-7-10(13)15-9(2)8-11(14)16-12(3,4)5/h9H,6-8H2,1-5H3/t9-/m1/s1. The Kier molecular flexibility index (Phi) is 6.08. The molecular formula is C12H22O4. The highest BCUT2D eigenvalue weighted by atomic mass is 16.6. The fraction of sp³-hybridized carbons (Fsp3) is 0.833. The van der Waals surface area contributed by atoms with E-state index < -0.39 is 11.7 Å². The van der Waals surface area contributed by atoms with E-state index in [4.69, 9.17) is 9.47 Å². The second kappa shape index (κ2) is 6.51. The molecule has 0 rings (SSSR count). The Morgan fingerprint density at radius 3 is 2.19 bits per heavy atom. The van der Waals surface area contributed by atoms with E-state index in [1.165, 1.54) is 0 Å². The summed E-state index contributed by atoms with van der Waals surface area (Å²) in [4.78, 5) is 22.5. The van der Waals surface area contributed by atoms with Gasteiger partial charge in [0, 0.05) is 6.42 Å². The van der Waals surface area contributed by atoms with Gasteiger partial charge < -0.3 is 9.47 Å². The van der Waals surface area contributed by atoms with Crippen LogP contribution in [0.2, 0.25) is 0 Å². The zero-order valence-corrected chi connectivity index (χ0v) is 10.8. The van der Waals surface area contributed by atoms with Crippen LogP contribution in [0.5, 0.6) is 0 Å². The molecule has 0 radical (unpaired) electrons.